The standard InChI is InChI=1S/C22H23F3N4S/c1-16-4-3-5-21-20(16)14-29(11-10-28(21)13-18-12-27(2)15-26-18)30-19-8-6-17(7-9-19)22(23,24)25/h3-9,12,15H,10-11,13-14H2,1-2H3. The molecule has 2 heterocycles. The lowest BCUT2D eigenvalue weighted by molar-refractivity contribution is -0.137. The molecule has 1 aliphatic rings. The van der Waals surface area contributed by atoms with Crippen molar-refractivity contribution in [2.75, 3.05) is 18.0 Å². The number of aromatic nitrogens is 2. The van der Waals surface area contributed by atoms with Gasteiger partial charge in [0.2, 0.25) is 0 Å². The van der Waals surface area contributed by atoms with Crippen molar-refractivity contribution in [1.29, 1.82) is 0 Å². The van der Waals surface area contributed by atoms with Gasteiger partial charge in [-0.05, 0) is 60.3 Å². The molecule has 0 bridgehead atoms. The van der Waals surface area contributed by atoms with Crippen LogP contribution in [-0.4, -0.2) is 26.9 Å². The summed E-state index contributed by atoms with van der Waals surface area (Å²) in [4.78, 5) is 7.59. The Morgan fingerprint density at radius 3 is 2.50 bits per heavy atom. The van der Waals surface area contributed by atoms with Gasteiger partial charge in [-0.15, -0.1) is 0 Å². The number of halogens is 3. The monoisotopic (exact) mass is 432 g/mol. The normalized spacial score (nSPS) is 15.2. The summed E-state index contributed by atoms with van der Waals surface area (Å²) in [6.45, 7) is 5.14. The van der Waals surface area contributed by atoms with Gasteiger partial charge >= 0.3 is 6.18 Å². The van der Waals surface area contributed by atoms with Crippen molar-refractivity contribution in [2.45, 2.75) is 31.1 Å². The van der Waals surface area contributed by atoms with Crippen molar-refractivity contribution in [2.24, 2.45) is 7.05 Å². The molecule has 3 aromatic rings. The lowest BCUT2D eigenvalue weighted by Gasteiger charge is -2.24. The highest BCUT2D eigenvalue weighted by atomic mass is 32.2. The molecular formula is C22H23F3N4S. The van der Waals surface area contributed by atoms with E-state index in [2.05, 4.69) is 39.3 Å². The third-order valence-corrected chi connectivity index (χ3v) is 6.26. The quantitative estimate of drug-likeness (QED) is 0.524. The van der Waals surface area contributed by atoms with Crippen LogP contribution < -0.4 is 4.90 Å². The average Bonchev–Trinajstić information content (AvgIpc) is 3.02. The molecule has 2 aromatic carbocycles. The molecule has 30 heavy (non-hydrogen) atoms. The molecule has 158 valence electrons. The molecule has 0 saturated carbocycles. The summed E-state index contributed by atoms with van der Waals surface area (Å²) < 4.78 is 42.7. The molecular weight excluding hydrogens is 409 g/mol. The van der Waals surface area contributed by atoms with Crippen LogP contribution in [0.4, 0.5) is 18.9 Å². The molecule has 0 aliphatic carbocycles. The number of hydrogen-bond acceptors (Lipinski definition) is 4. The van der Waals surface area contributed by atoms with E-state index in [1.54, 1.807) is 18.5 Å². The van der Waals surface area contributed by atoms with Gasteiger partial charge in [-0.3, -0.25) is 0 Å². The van der Waals surface area contributed by atoms with Gasteiger partial charge in [0.15, 0.2) is 0 Å². The number of benzene rings is 2. The van der Waals surface area contributed by atoms with Crippen LogP contribution in [0.2, 0.25) is 0 Å². The van der Waals surface area contributed by atoms with E-state index in [0.29, 0.717) is 0 Å². The van der Waals surface area contributed by atoms with Crippen LogP contribution in [0.3, 0.4) is 0 Å². The summed E-state index contributed by atoms with van der Waals surface area (Å²) in [6, 6.07) is 11.7. The first-order valence-electron chi connectivity index (χ1n) is 9.70. The Bertz CT molecular complexity index is 1010. The number of rotatable bonds is 4. The van der Waals surface area contributed by atoms with Gasteiger partial charge in [-0.2, -0.15) is 13.2 Å². The van der Waals surface area contributed by atoms with Crippen LogP contribution in [-0.2, 0) is 26.3 Å². The fourth-order valence-electron chi connectivity index (χ4n) is 3.64. The molecule has 0 amide bonds. The summed E-state index contributed by atoms with van der Waals surface area (Å²) in [6.07, 6.45) is -0.486. The van der Waals surface area contributed by atoms with Crippen LogP contribution >= 0.6 is 11.9 Å². The van der Waals surface area contributed by atoms with Gasteiger partial charge in [0, 0.05) is 43.5 Å². The average molecular weight is 433 g/mol. The molecule has 8 heteroatoms. The zero-order valence-electron chi connectivity index (χ0n) is 16.9. The van der Waals surface area contributed by atoms with Crippen molar-refractivity contribution in [3.63, 3.8) is 0 Å². The minimum Gasteiger partial charge on any atom is -0.364 e. The van der Waals surface area contributed by atoms with E-state index >= 15 is 0 Å². The maximum absolute atomic E-state index is 12.8. The number of anilines is 1. The fourth-order valence-corrected chi connectivity index (χ4v) is 4.56. The van der Waals surface area contributed by atoms with Gasteiger partial charge < -0.3 is 9.47 Å². The lowest BCUT2D eigenvalue weighted by Crippen LogP contribution is -2.28. The van der Waals surface area contributed by atoms with Crippen molar-refractivity contribution in [3.8, 4) is 0 Å². The predicted molar refractivity (Wildman–Crippen MR) is 113 cm³/mol. The Kier molecular flexibility index (Phi) is 5.79. The zero-order valence-corrected chi connectivity index (χ0v) is 17.7. The zero-order chi connectivity index (χ0) is 21.3. The van der Waals surface area contributed by atoms with Crippen molar-refractivity contribution in [3.05, 3.63) is 77.4 Å². The number of alkyl halides is 3. The number of hydrogen-bond donors (Lipinski definition) is 0. The maximum Gasteiger partial charge on any atom is 0.416 e. The largest absolute Gasteiger partial charge is 0.416 e. The van der Waals surface area contributed by atoms with Gasteiger partial charge in [-0.1, -0.05) is 12.1 Å². The van der Waals surface area contributed by atoms with E-state index in [0.717, 1.165) is 48.9 Å². The topological polar surface area (TPSA) is 24.3 Å². The summed E-state index contributed by atoms with van der Waals surface area (Å²) in [5.41, 5.74) is 4.03. The number of nitrogens with zero attached hydrogens (tertiary/aromatic N) is 4. The second kappa shape index (κ2) is 8.35. The van der Waals surface area contributed by atoms with Gasteiger partial charge in [-0.25, -0.2) is 9.29 Å². The first-order chi connectivity index (χ1) is 14.3. The second-order valence-corrected chi connectivity index (χ2v) is 8.67. The smallest absolute Gasteiger partial charge is 0.364 e. The molecule has 0 N–H and O–H groups in total. The Morgan fingerprint density at radius 2 is 1.83 bits per heavy atom. The van der Waals surface area contributed by atoms with Crippen molar-refractivity contribution in [1.82, 2.24) is 13.9 Å². The minimum absolute atomic E-state index is 0.620. The van der Waals surface area contributed by atoms with Crippen LogP contribution in [0.25, 0.3) is 0 Å². The van der Waals surface area contributed by atoms with Gasteiger partial charge in [0.25, 0.3) is 0 Å². The molecule has 0 spiro atoms. The fraction of sp³-hybridized carbons (Fsp3) is 0.318. The van der Waals surface area contributed by atoms with Crippen LogP contribution in [0.5, 0.6) is 0 Å². The van der Waals surface area contributed by atoms with Crippen LogP contribution in [0.15, 0.2) is 59.9 Å². The summed E-state index contributed by atoms with van der Waals surface area (Å²) in [5, 5.41) is 0. The van der Waals surface area contributed by atoms with E-state index in [1.165, 1.54) is 28.8 Å². The number of aryl methyl sites for hydroxylation is 2. The number of imidazole rings is 1. The highest BCUT2D eigenvalue weighted by Crippen LogP contribution is 2.35. The molecule has 1 aliphatic heterocycles. The van der Waals surface area contributed by atoms with E-state index in [4.69, 9.17) is 0 Å². The Balaban J connectivity index is 1.55. The summed E-state index contributed by atoms with van der Waals surface area (Å²) in [5.74, 6) is 0. The Labute approximate surface area is 178 Å². The highest BCUT2D eigenvalue weighted by Gasteiger charge is 2.30. The molecule has 0 atom stereocenters. The molecule has 4 nitrogen and oxygen atoms in total. The number of fused-ring (bicyclic) bond motifs is 1. The lowest BCUT2D eigenvalue weighted by atomic mass is 10.1. The molecule has 0 saturated heterocycles. The van der Waals surface area contributed by atoms with Gasteiger partial charge in [0.1, 0.15) is 0 Å². The summed E-state index contributed by atoms with van der Waals surface area (Å²) in [7, 11) is 1.96. The van der Waals surface area contributed by atoms with E-state index in [1.807, 2.05) is 17.8 Å². The second-order valence-electron chi connectivity index (χ2n) is 7.50. The minimum atomic E-state index is -4.31. The van der Waals surface area contributed by atoms with Gasteiger partial charge in [0.05, 0.1) is 24.1 Å². The molecule has 0 unspecified atom stereocenters. The Morgan fingerprint density at radius 1 is 1.07 bits per heavy atom. The third-order valence-electron chi connectivity index (χ3n) is 5.21. The molecule has 4 rings (SSSR count). The van der Waals surface area contributed by atoms with E-state index in [9.17, 15) is 13.2 Å². The molecule has 1 aromatic heterocycles. The predicted octanol–water partition coefficient (Wildman–Crippen LogP) is 5.28. The molecule has 0 radical (unpaired) electrons. The first-order valence-corrected chi connectivity index (χ1v) is 10.5. The van der Waals surface area contributed by atoms with Crippen molar-refractivity contribution >= 4 is 17.6 Å². The van der Waals surface area contributed by atoms with Crippen molar-refractivity contribution < 1.29 is 13.2 Å². The molecule has 0 fully saturated rings. The highest BCUT2D eigenvalue weighted by molar-refractivity contribution is 7.97. The maximum atomic E-state index is 12.8. The van der Waals surface area contributed by atoms with Crippen LogP contribution in [0.1, 0.15) is 22.4 Å². The SMILES string of the molecule is Cc1cccc2c1CN(Sc1ccc(C(F)(F)F)cc1)CCN2Cc1cn(C)cn1. The first kappa shape index (κ1) is 20.8. The third kappa shape index (κ3) is 4.65. The Hall–Kier alpha value is -2.45. The van der Waals surface area contributed by atoms with E-state index < -0.39 is 11.7 Å². The van der Waals surface area contributed by atoms with Crippen LogP contribution in [0, 0.1) is 6.92 Å². The summed E-state index contributed by atoms with van der Waals surface area (Å²) >= 11 is 1.50. The van der Waals surface area contributed by atoms with E-state index in [-0.39, 0.29) is 0 Å².